The average Bonchev–Trinajstić information content (AvgIpc) is 1.57. The molecule has 0 bridgehead atoms. The fraction of sp³-hybridized carbons (Fsp3) is 0.0233. The molecule has 8 heteroatoms. The van der Waals surface area contributed by atoms with Gasteiger partial charge >= 0.3 is 0 Å². The van der Waals surface area contributed by atoms with Gasteiger partial charge in [0.05, 0.1) is 0 Å². The van der Waals surface area contributed by atoms with E-state index >= 15 is 0 Å². The summed E-state index contributed by atoms with van der Waals surface area (Å²) in [5.74, 6) is 3.69. The van der Waals surface area contributed by atoms with Gasteiger partial charge in [-0.05, 0) is 180 Å². The van der Waals surface area contributed by atoms with Crippen LogP contribution >= 0.6 is 0 Å². The molecule has 17 aromatic rings. The Morgan fingerprint density at radius 1 is 0.245 bits per heavy atom. The molecule has 1 aliphatic carbocycles. The second-order valence-corrected chi connectivity index (χ2v) is 24.3. The molecule has 2 unspecified atom stereocenters. The van der Waals surface area contributed by atoms with E-state index in [0.29, 0.717) is 0 Å². The second kappa shape index (κ2) is 21.6. The molecule has 0 saturated carbocycles. The summed E-state index contributed by atoms with van der Waals surface area (Å²) in [6.07, 6.45) is 10.7. The van der Waals surface area contributed by atoms with E-state index in [1.165, 1.54) is 0 Å². The van der Waals surface area contributed by atoms with E-state index in [-0.39, 0.29) is 12.0 Å². The molecule has 6 heterocycles. The summed E-state index contributed by atoms with van der Waals surface area (Å²) in [6, 6.07) is 99.8. The minimum Gasteiger partial charge on any atom is -0.485 e. The molecule has 0 radical (unpaired) electrons. The lowest BCUT2D eigenvalue weighted by atomic mass is 9.98. The van der Waals surface area contributed by atoms with Crippen LogP contribution in [0, 0.1) is 5.92 Å². The number of para-hydroxylation sites is 3. The highest BCUT2D eigenvalue weighted by Gasteiger charge is 2.28. The summed E-state index contributed by atoms with van der Waals surface area (Å²) in [7, 11) is 0. The fourth-order valence-corrected chi connectivity index (χ4v) is 13.8. The van der Waals surface area contributed by atoms with Gasteiger partial charge in [0.15, 0.2) is 0 Å². The van der Waals surface area contributed by atoms with Gasteiger partial charge in [-0.2, -0.15) is 0 Å². The first-order valence-corrected chi connectivity index (χ1v) is 31.7. The Kier molecular flexibility index (Phi) is 12.2. The zero-order chi connectivity index (χ0) is 61.8. The van der Waals surface area contributed by atoms with Crippen molar-refractivity contribution >= 4 is 117 Å². The molecule has 0 amide bonds. The van der Waals surface area contributed by atoms with Gasteiger partial charge in [0, 0.05) is 112 Å². The lowest BCUT2D eigenvalue weighted by Gasteiger charge is -2.26. The molecule has 12 aromatic carbocycles. The standard InChI is InChI=1S/C86H54N2O6/c1-5-13-75-61(9-1)45-79(89-75)57-21-17-53(18-22-57)55-25-33-65(34-26-55)87(67-37-29-59(30-38-67)81-47-63-11-3-7-15-77(63)91-81)69-41-43-71-73-51-86-74(52-85(73)93-83(71)49-69)72-44-42-70(50-84(72)94-86)88(68-39-31-60(32-40-68)82-48-64-12-4-8-16-78(64)92-82)66-35-27-56(28-36-66)54-19-23-58(24-20-54)80-46-62-10-2-6-14-76(62)90-80/h1-52,61,75H. The highest BCUT2D eigenvalue weighted by molar-refractivity contribution is 6.15. The van der Waals surface area contributed by atoms with E-state index in [1.54, 1.807) is 0 Å². The van der Waals surface area contributed by atoms with Gasteiger partial charge in [0.2, 0.25) is 0 Å². The summed E-state index contributed by atoms with van der Waals surface area (Å²) in [4.78, 5) is 4.55. The van der Waals surface area contributed by atoms with Gasteiger partial charge in [-0.25, -0.2) is 0 Å². The molecule has 0 fully saturated rings. The van der Waals surface area contributed by atoms with Gasteiger partial charge in [-0.3, -0.25) is 0 Å². The monoisotopic (exact) mass is 1210 g/mol. The van der Waals surface area contributed by atoms with E-state index < -0.39 is 0 Å². The molecule has 0 spiro atoms. The Morgan fingerprint density at radius 3 is 0.968 bits per heavy atom. The van der Waals surface area contributed by atoms with Crippen LogP contribution in [0.3, 0.4) is 0 Å². The molecule has 444 valence electrons. The normalized spacial score (nSPS) is 14.4. The number of anilines is 6. The first-order valence-electron chi connectivity index (χ1n) is 31.7. The number of rotatable bonds is 12. The van der Waals surface area contributed by atoms with Crippen LogP contribution < -0.4 is 9.80 Å². The third-order valence-corrected chi connectivity index (χ3v) is 18.6. The van der Waals surface area contributed by atoms with Crippen molar-refractivity contribution in [3.63, 3.8) is 0 Å². The molecule has 0 saturated heterocycles. The molecule has 8 nitrogen and oxygen atoms in total. The van der Waals surface area contributed by atoms with Crippen molar-refractivity contribution in [2.24, 2.45) is 5.92 Å². The van der Waals surface area contributed by atoms with Crippen molar-refractivity contribution in [2.75, 3.05) is 9.80 Å². The zero-order valence-electron chi connectivity index (χ0n) is 50.5. The molecule has 1 aliphatic heterocycles. The first-order chi connectivity index (χ1) is 46.5. The highest BCUT2D eigenvalue weighted by atomic mass is 16.5. The van der Waals surface area contributed by atoms with Crippen LogP contribution in [-0.4, -0.2) is 6.10 Å². The average molecular weight is 1210 g/mol. The van der Waals surface area contributed by atoms with E-state index in [2.05, 4.69) is 271 Å². The largest absolute Gasteiger partial charge is 0.485 e. The zero-order valence-corrected chi connectivity index (χ0v) is 50.5. The maximum absolute atomic E-state index is 6.89. The second-order valence-electron chi connectivity index (χ2n) is 24.3. The van der Waals surface area contributed by atoms with Gasteiger partial charge in [0.25, 0.3) is 0 Å². The summed E-state index contributed by atoms with van der Waals surface area (Å²) >= 11 is 0. The maximum Gasteiger partial charge on any atom is 0.137 e. The summed E-state index contributed by atoms with van der Waals surface area (Å²) in [6.45, 7) is 0. The number of ether oxygens (including phenoxy) is 1. The third-order valence-electron chi connectivity index (χ3n) is 18.6. The van der Waals surface area contributed by atoms with Crippen LogP contribution in [0.4, 0.5) is 34.1 Å². The maximum atomic E-state index is 6.89. The lowest BCUT2D eigenvalue weighted by Crippen LogP contribution is -2.13. The van der Waals surface area contributed by atoms with Crippen molar-refractivity contribution in [3.05, 3.63) is 321 Å². The topological polar surface area (TPSA) is 81.4 Å². The van der Waals surface area contributed by atoms with Gasteiger partial charge < -0.3 is 36.6 Å². The van der Waals surface area contributed by atoms with Crippen LogP contribution in [0.5, 0.6) is 0 Å². The molecular formula is C86H54N2O6. The summed E-state index contributed by atoms with van der Waals surface area (Å²) in [5.41, 5.74) is 20.1. The Labute approximate surface area is 539 Å². The number of allylic oxidation sites excluding steroid dienone is 2. The Hall–Kier alpha value is -12.5. The van der Waals surface area contributed by atoms with Gasteiger partial charge in [-0.1, -0.05) is 146 Å². The fourth-order valence-electron chi connectivity index (χ4n) is 13.8. The van der Waals surface area contributed by atoms with Crippen LogP contribution in [-0.2, 0) is 4.74 Å². The van der Waals surface area contributed by atoms with E-state index in [9.17, 15) is 0 Å². The Balaban J connectivity index is 0.651. The third kappa shape index (κ3) is 9.30. The van der Waals surface area contributed by atoms with E-state index in [4.69, 9.17) is 26.8 Å². The van der Waals surface area contributed by atoms with Crippen LogP contribution in [0.25, 0.3) is 139 Å². The highest BCUT2D eigenvalue weighted by Crippen LogP contribution is 2.45. The first kappa shape index (κ1) is 53.3. The molecule has 94 heavy (non-hydrogen) atoms. The Bertz CT molecular complexity index is 5780. The molecule has 5 aromatic heterocycles. The van der Waals surface area contributed by atoms with Gasteiger partial charge in [0.1, 0.15) is 68.2 Å². The van der Waals surface area contributed by atoms with Crippen molar-refractivity contribution in [1.29, 1.82) is 0 Å². The Morgan fingerprint density at radius 2 is 0.574 bits per heavy atom. The molecule has 2 aliphatic rings. The summed E-state index contributed by atoms with van der Waals surface area (Å²) < 4.78 is 38.9. The molecular weight excluding hydrogens is 1160 g/mol. The minimum absolute atomic E-state index is 0.0601. The van der Waals surface area contributed by atoms with E-state index in [1.807, 2.05) is 54.6 Å². The number of benzene rings is 12. The van der Waals surface area contributed by atoms with Crippen molar-refractivity contribution in [1.82, 2.24) is 0 Å². The molecule has 2 atom stereocenters. The number of furan rings is 5. The smallest absolute Gasteiger partial charge is 0.137 e. The number of hydrogen-bond donors (Lipinski definition) is 0. The van der Waals surface area contributed by atoms with Gasteiger partial charge in [-0.15, -0.1) is 0 Å². The van der Waals surface area contributed by atoms with Crippen LogP contribution in [0.1, 0.15) is 5.56 Å². The number of fused-ring (bicyclic) bond motifs is 10. The molecule has 19 rings (SSSR count). The summed E-state index contributed by atoms with van der Waals surface area (Å²) in [5, 5.41) is 7.17. The van der Waals surface area contributed by atoms with Crippen LogP contribution in [0.15, 0.2) is 338 Å². The lowest BCUT2D eigenvalue weighted by molar-refractivity contribution is 0.213. The van der Waals surface area contributed by atoms with Crippen molar-refractivity contribution in [2.45, 2.75) is 6.10 Å². The quantitative estimate of drug-likeness (QED) is 0.120. The predicted octanol–water partition coefficient (Wildman–Crippen LogP) is 24.5. The number of hydrogen-bond acceptors (Lipinski definition) is 8. The number of nitrogens with zero attached hydrogens (tertiary/aromatic N) is 2. The minimum atomic E-state index is 0.0601. The van der Waals surface area contributed by atoms with Crippen LogP contribution in [0.2, 0.25) is 0 Å². The van der Waals surface area contributed by atoms with E-state index in [0.717, 1.165) is 178 Å². The predicted molar refractivity (Wildman–Crippen MR) is 381 cm³/mol. The SMILES string of the molecule is C1=CC2C=C(c3ccc(-c4ccc(N(c5ccc(-c6cc7ccccc7o6)cc5)c5ccc6c(c5)oc5cc7c(cc56)oc5cc(N(c6ccc(-c8ccc(-c9cc%10ccccc%10o9)cc8)cc6)c6ccc(-c8cc9ccccc9o8)cc6)ccc57)cc4)cc3)OC2C=C1. The van der Waals surface area contributed by atoms with Crippen molar-refractivity contribution in [3.8, 4) is 56.2 Å². The van der Waals surface area contributed by atoms with Crippen molar-refractivity contribution < 1.29 is 26.8 Å². The molecule has 0 N–H and O–H groups in total.